The van der Waals surface area contributed by atoms with Crippen LogP contribution in [0.5, 0.6) is 0 Å². The van der Waals surface area contributed by atoms with Crippen LogP contribution < -0.4 is 0 Å². The van der Waals surface area contributed by atoms with Crippen LogP contribution in [-0.2, 0) is 0 Å². The average Bonchev–Trinajstić information content (AvgIpc) is 2.61. The van der Waals surface area contributed by atoms with Gasteiger partial charge in [0.1, 0.15) is 0 Å². The number of hydrogen-bond donors (Lipinski definition) is 1. The van der Waals surface area contributed by atoms with E-state index in [9.17, 15) is 0 Å². The maximum atomic E-state index is 5.41. The van der Waals surface area contributed by atoms with E-state index in [0.717, 1.165) is 14.8 Å². The molecule has 0 aliphatic heterocycles. The summed E-state index contributed by atoms with van der Waals surface area (Å²) in [6, 6.07) is 6.68. The van der Waals surface area contributed by atoms with E-state index in [4.69, 9.17) is 12.2 Å². The molecule has 2 rings (SSSR count). The molecule has 1 unspecified atom stereocenters. The van der Waals surface area contributed by atoms with E-state index in [-0.39, 0.29) is 0 Å². The Morgan fingerprint density at radius 2 is 2.24 bits per heavy atom. The molecule has 17 heavy (non-hydrogen) atoms. The molecule has 0 amide bonds. The number of imidazole rings is 1. The second-order valence-corrected chi connectivity index (χ2v) is 5.76. The van der Waals surface area contributed by atoms with Crippen LogP contribution in [0.15, 0.2) is 22.7 Å². The number of nitrogens with one attached hydrogen (secondary N) is 1. The summed E-state index contributed by atoms with van der Waals surface area (Å²) in [6.45, 7) is 4.46. The maximum Gasteiger partial charge on any atom is 0.178 e. The van der Waals surface area contributed by atoms with Gasteiger partial charge in [-0.05, 0) is 43.8 Å². The maximum absolute atomic E-state index is 5.41. The molecule has 1 aromatic carbocycles. The van der Waals surface area contributed by atoms with Crippen LogP contribution >= 0.6 is 28.1 Å². The predicted octanol–water partition coefficient (Wildman–Crippen LogP) is 5.21. The highest BCUT2D eigenvalue weighted by Crippen LogP contribution is 2.25. The molecule has 0 fully saturated rings. The number of benzene rings is 1. The van der Waals surface area contributed by atoms with E-state index in [2.05, 4.69) is 51.5 Å². The van der Waals surface area contributed by atoms with E-state index in [1.54, 1.807) is 0 Å². The number of unbranched alkanes of at least 4 members (excludes halogenated alkanes) is 1. The van der Waals surface area contributed by atoms with Crippen molar-refractivity contribution < 1.29 is 0 Å². The number of nitrogens with zero attached hydrogens (tertiary/aromatic N) is 1. The standard InChI is InChI=1S/C13H17BrN2S/c1-3-4-5-9(2)16-12-8-10(14)6-7-11(12)15-13(16)17/h6-9H,3-5H2,1-2H3,(H,15,17). The Morgan fingerprint density at radius 1 is 1.47 bits per heavy atom. The Morgan fingerprint density at radius 3 is 2.94 bits per heavy atom. The number of aromatic nitrogens is 2. The summed E-state index contributed by atoms with van der Waals surface area (Å²) in [7, 11) is 0. The summed E-state index contributed by atoms with van der Waals surface area (Å²) >= 11 is 8.93. The normalized spacial score (nSPS) is 13.1. The van der Waals surface area contributed by atoms with Crippen molar-refractivity contribution in [2.75, 3.05) is 0 Å². The third-order valence-electron chi connectivity index (χ3n) is 3.10. The molecule has 0 aliphatic carbocycles. The summed E-state index contributed by atoms with van der Waals surface area (Å²) in [5.74, 6) is 0. The Bertz CT molecular complexity index is 570. The van der Waals surface area contributed by atoms with Gasteiger partial charge in [-0.2, -0.15) is 0 Å². The van der Waals surface area contributed by atoms with Crippen LogP contribution in [0, 0.1) is 4.77 Å². The van der Waals surface area contributed by atoms with Crippen molar-refractivity contribution in [1.29, 1.82) is 0 Å². The third-order valence-corrected chi connectivity index (χ3v) is 3.89. The highest BCUT2D eigenvalue weighted by atomic mass is 79.9. The number of fused-ring (bicyclic) bond motifs is 1. The lowest BCUT2D eigenvalue weighted by Gasteiger charge is -2.14. The highest BCUT2D eigenvalue weighted by Gasteiger charge is 2.10. The van der Waals surface area contributed by atoms with Crippen molar-refractivity contribution in [3.8, 4) is 0 Å². The molecule has 1 N–H and O–H groups in total. The molecular weight excluding hydrogens is 296 g/mol. The summed E-state index contributed by atoms with van der Waals surface area (Å²) in [5, 5.41) is 0. The lowest BCUT2D eigenvalue weighted by atomic mass is 10.1. The molecule has 92 valence electrons. The van der Waals surface area contributed by atoms with Gasteiger partial charge in [0.2, 0.25) is 0 Å². The molecular formula is C13H17BrN2S. The zero-order valence-electron chi connectivity index (χ0n) is 10.2. The van der Waals surface area contributed by atoms with Crippen LogP contribution in [0.2, 0.25) is 0 Å². The van der Waals surface area contributed by atoms with Gasteiger partial charge in [0.05, 0.1) is 11.0 Å². The summed E-state index contributed by atoms with van der Waals surface area (Å²) in [4.78, 5) is 3.27. The monoisotopic (exact) mass is 312 g/mol. The number of hydrogen-bond acceptors (Lipinski definition) is 1. The van der Waals surface area contributed by atoms with E-state index < -0.39 is 0 Å². The molecule has 2 nitrogen and oxygen atoms in total. The van der Waals surface area contributed by atoms with Gasteiger partial charge in [-0.15, -0.1) is 0 Å². The minimum atomic E-state index is 0.450. The fraction of sp³-hybridized carbons (Fsp3) is 0.462. The number of aromatic amines is 1. The molecule has 1 aromatic heterocycles. The Labute approximate surface area is 115 Å². The van der Waals surface area contributed by atoms with Gasteiger partial charge < -0.3 is 9.55 Å². The lowest BCUT2D eigenvalue weighted by Crippen LogP contribution is -2.04. The zero-order valence-corrected chi connectivity index (χ0v) is 12.6. The van der Waals surface area contributed by atoms with Crippen LogP contribution in [0.1, 0.15) is 39.2 Å². The van der Waals surface area contributed by atoms with Crippen molar-refractivity contribution in [3.63, 3.8) is 0 Å². The Hall–Kier alpha value is -0.610. The van der Waals surface area contributed by atoms with Gasteiger partial charge >= 0.3 is 0 Å². The van der Waals surface area contributed by atoms with Gasteiger partial charge in [0, 0.05) is 10.5 Å². The van der Waals surface area contributed by atoms with Gasteiger partial charge in [-0.1, -0.05) is 35.7 Å². The number of halogens is 1. The zero-order chi connectivity index (χ0) is 12.4. The first-order valence-electron chi connectivity index (χ1n) is 6.03. The average molecular weight is 313 g/mol. The van der Waals surface area contributed by atoms with Gasteiger partial charge in [0.25, 0.3) is 0 Å². The first kappa shape index (κ1) is 12.8. The van der Waals surface area contributed by atoms with Crippen LogP contribution in [0.25, 0.3) is 11.0 Å². The molecule has 1 heterocycles. The summed E-state index contributed by atoms with van der Waals surface area (Å²) in [6.07, 6.45) is 3.64. The predicted molar refractivity (Wildman–Crippen MR) is 79.1 cm³/mol. The molecule has 0 saturated heterocycles. The van der Waals surface area contributed by atoms with Crippen LogP contribution in [-0.4, -0.2) is 9.55 Å². The van der Waals surface area contributed by atoms with Crippen molar-refractivity contribution in [2.45, 2.75) is 39.2 Å². The fourth-order valence-corrected chi connectivity index (χ4v) is 2.90. The molecule has 4 heteroatoms. The summed E-state index contributed by atoms with van der Waals surface area (Å²) in [5.41, 5.74) is 2.30. The Kier molecular flexibility index (Phi) is 4.05. The van der Waals surface area contributed by atoms with E-state index in [0.29, 0.717) is 6.04 Å². The minimum absolute atomic E-state index is 0.450. The van der Waals surface area contributed by atoms with Crippen LogP contribution in [0.3, 0.4) is 0 Å². The number of rotatable bonds is 4. The second-order valence-electron chi connectivity index (χ2n) is 4.45. The molecule has 2 aromatic rings. The largest absolute Gasteiger partial charge is 0.331 e. The lowest BCUT2D eigenvalue weighted by molar-refractivity contribution is 0.491. The van der Waals surface area contributed by atoms with Crippen molar-refractivity contribution in [3.05, 3.63) is 27.4 Å². The fourth-order valence-electron chi connectivity index (χ4n) is 2.16. The summed E-state index contributed by atoms with van der Waals surface area (Å²) < 4.78 is 4.14. The van der Waals surface area contributed by atoms with Crippen molar-refractivity contribution in [2.24, 2.45) is 0 Å². The molecule has 0 saturated carbocycles. The van der Waals surface area contributed by atoms with Crippen LogP contribution in [0.4, 0.5) is 0 Å². The Balaban J connectivity index is 2.48. The van der Waals surface area contributed by atoms with E-state index in [1.165, 1.54) is 24.8 Å². The minimum Gasteiger partial charge on any atom is -0.331 e. The molecule has 0 radical (unpaired) electrons. The highest BCUT2D eigenvalue weighted by molar-refractivity contribution is 9.10. The first-order chi connectivity index (χ1) is 8.13. The molecule has 0 bridgehead atoms. The van der Waals surface area contributed by atoms with E-state index >= 15 is 0 Å². The molecule has 1 atom stereocenters. The second kappa shape index (κ2) is 5.36. The van der Waals surface area contributed by atoms with Gasteiger partial charge in [-0.3, -0.25) is 0 Å². The SMILES string of the molecule is CCCCC(C)n1c(=S)[nH]c2ccc(Br)cc21. The first-order valence-corrected chi connectivity index (χ1v) is 7.23. The number of H-pyrrole nitrogens is 1. The van der Waals surface area contributed by atoms with Crippen molar-refractivity contribution >= 4 is 39.2 Å². The van der Waals surface area contributed by atoms with Gasteiger partial charge in [-0.25, -0.2) is 0 Å². The van der Waals surface area contributed by atoms with Crippen molar-refractivity contribution in [1.82, 2.24) is 9.55 Å². The quantitative estimate of drug-likeness (QED) is 0.768. The van der Waals surface area contributed by atoms with E-state index in [1.807, 2.05) is 6.07 Å². The third kappa shape index (κ3) is 2.63. The molecule has 0 spiro atoms. The van der Waals surface area contributed by atoms with Gasteiger partial charge in [0.15, 0.2) is 4.77 Å². The topological polar surface area (TPSA) is 20.7 Å². The molecule has 0 aliphatic rings. The smallest absolute Gasteiger partial charge is 0.178 e.